The molecule has 0 aliphatic heterocycles. The van der Waals surface area contributed by atoms with E-state index in [4.69, 9.17) is 4.74 Å². The first-order valence-electron chi connectivity index (χ1n) is 9.70. The lowest BCUT2D eigenvalue weighted by Crippen LogP contribution is -2.38. The van der Waals surface area contributed by atoms with Gasteiger partial charge in [-0.25, -0.2) is 0 Å². The monoisotopic (exact) mass is 360 g/mol. The van der Waals surface area contributed by atoms with Crippen LogP contribution in [0.3, 0.4) is 0 Å². The van der Waals surface area contributed by atoms with Crippen LogP contribution in [-0.2, 0) is 16.1 Å². The van der Waals surface area contributed by atoms with Gasteiger partial charge < -0.3 is 15.0 Å². The van der Waals surface area contributed by atoms with Gasteiger partial charge in [-0.15, -0.1) is 0 Å². The predicted octanol–water partition coefficient (Wildman–Crippen LogP) is 3.38. The van der Waals surface area contributed by atoms with Crippen molar-refractivity contribution in [2.75, 3.05) is 20.7 Å². The lowest BCUT2D eigenvalue weighted by Gasteiger charge is -2.30. The van der Waals surface area contributed by atoms with Crippen molar-refractivity contribution in [3.05, 3.63) is 29.8 Å². The smallest absolute Gasteiger partial charge is 0.225 e. The number of carbonyl (C=O) groups is 2. The summed E-state index contributed by atoms with van der Waals surface area (Å²) >= 11 is 0. The number of unbranched alkanes of at least 4 members (excludes halogenated alkanes) is 1. The molecule has 5 heteroatoms. The van der Waals surface area contributed by atoms with Crippen LogP contribution >= 0.6 is 0 Å². The molecule has 1 saturated carbocycles. The number of hydrogen-bond acceptors (Lipinski definition) is 3. The summed E-state index contributed by atoms with van der Waals surface area (Å²) in [5.74, 6) is 1.27. The van der Waals surface area contributed by atoms with Crippen LogP contribution in [0.15, 0.2) is 24.3 Å². The molecule has 0 heterocycles. The third kappa shape index (κ3) is 5.75. The average molecular weight is 360 g/mol. The SMILES string of the molecule is CCCCN(C)C(=O)C1CCC(C(=O)NCc2ccc(OC)cc2)CC1. The Morgan fingerprint density at radius 2 is 1.73 bits per heavy atom. The van der Waals surface area contributed by atoms with Gasteiger partial charge in [0.1, 0.15) is 5.75 Å². The van der Waals surface area contributed by atoms with Gasteiger partial charge in [0.15, 0.2) is 0 Å². The molecule has 0 bridgehead atoms. The first-order chi connectivity index (χ1) is 12.5. The molecule has 26 heavy (non-hydrogen) atoms. The molecule has 0 unspecified atom stereocenters. The first kappa shape index (κ1) is 20.3. The van der Waals surface area contributed by atoms with E-state index in [-0.39, 0.29) is 23.7 Å². The van der Waals surface area contributed by atoms with Gasteiger partial charge in [0.25, 0.3) is 0 Å². The van der Waals surface area contributed by atoms with Crippen LogP contribution in [0, 0.1) is 11.8 Å². The minimum Gasteiger partial charge on any atom is -0.497 e. The number of rotatable bonds is 8. The molecule has 1 aliphatic carbocycles. The summed E-state index contributed by atoms with van der Waals surface area (Å²) in [5, 5.41) is 3.03. The van der Waals surface area contributed by atoms with E-state index in [1.165, 1.54) is 0 Å². The van der Waals surface area contributed by atoms with Gasteiger partial charge in [0.05, 0.1) is 7.11 Å². The van der Waals surface area contributed by atoms with E-state index in [9.17, 15) is 9.59 Å². The van der Waals surface area contributed by atoms with E-state index in [1.54, 1.807) is 7.11 Å². The summed E-state index contributed by atoms with van der Waals surface area (Å²) in [7, 11) is 3.53. The molecule has 1 fully saturated rings. The number of methoxy groups -OCH3 is 1. The fourth-order valence-corrected chi connectivity index (χ4v) is 3.50. The quantitative estimate of drug-likeness (QED) is 0.773. The number of benzene rings is 1. The molecule has 0 aromatic heterocycles. The summed E-state index contributed by atoms with van der Waals surface area (Å²) in [6, 6.07) is 7.71. The van der Waals surface area contributed by atoms with Crippen molar-refractivity contribution in [2.24, 2.45) is 11.8 Å². The van der Waals surface area contributed by atoms with Crippen LogP contribution < -0.4 is 10.1 Å². The van der Waals surface area contributed by atoms with E-state index < -0.39 is 0 Å². The lowest BCUT2D eigenvalue weighted by atomic mass is 9.81. The molecule has 144 valence electrons. The second kappa shape index (κ2) is 10.2. The Kier molecular flexibility index (Phi) is 7.95. The molecule has 5 nitrogen and oxygen atoms in total. The van der Waals surface area contributed by atoms with Gasteiger partial charge in [-0.05, 0) is 49.8 Å². The van der Waals surface area contributed by atoms with Crippen LogP contribution in [0.25, 0.3) is 0 Å². The Morgan fingerprint density at radius 3 is 2.31 bits per heavy atom. The topological polar surface area (TPSA) is 58.6 Å². The largest absolute Gasteiger partial charge is 0.497 e. The van der Waals surface area contributed by atoms with Crippen molar-refractivity contribution >= 4 is 11.8 Å². The molecule has 2 rings (SSSR count). The number of nitrogens with zero attached hydrogens (tertiary/aromatic N) is 1. The number of ether oxygens (including phenoxy) is 1. The Morgan fingerprint density at radius 1 is 1.12 bits per heavy atom. The van der Waals surface area contributed by atoms with E-state index >= 15 is 0 Å². The van der Waals surface area contributed by atoms with Crippen molar-refractivity contribution in [1.82, 2.24) is 10.2 Å². The molecule has 0 spiro atoms. The minimum absolute atomic E-state index is 0.0262. The zero-order chi connectivity index (χ0) is 18.9. The van der Waals surface area contributed by atoms with Gasteiger partial charge in [0.2, 0.25) is 11.8 Å². The van der Waals surface area contributed by atoms with E-state index in [0.717, 1.165) is 56.4 Å². The predicted molar refractivity (Wildman–Crippen MR) is 103 cm³/mol. The molecule has 1 aromatic carbocycles. The van der Waals surface area contributed by atoms with Crippen LogP contribution in [0.5, 0.6) is 5.75 Å². The third-order valence-corrected chi connectivity index (χ3v) is 5.30. The zero-order valence-corrected chi connectivity index (χ0v) is 16.3. The number of carbonyl (C=O) groups excluding carboxylic acids is 2. The van der Waals surface area contributed by atoms with Crippen molar-refractivity contribution in [2.45, 2.75) is 52.0 Å². The minimum atomic E-state index is 0.0262. The van der Waals surface area contributed by atoms with Crippen molar-refractivity contribution in [1.29, 1.82) is 0 Å². The van der Waals surface area contributed by atoms with Gasteiger partial charge in [0, 0.05) is 32.0 Å². The molecular formula is C21H32N2O3. The summed E-state index contributed by atoms with van der Waals surface area (Å²) < 4.78 is 5.14. The molecule has 0 atom stereocenters. The maximum Gasteiger partial charge on any atom is 0.225 e. The van der Waals surface area contributed by atoms with Gasteiger partial charge >= 0.3 is 0 Å². The number of hydrogen-bond donors (Lipinski definition) is 1. The number of amides is 2. The average Bonchev–Trinajstić information content (AvgIpc) is 2.70. The van der Waals surface area contributed by atoms with Gasteiger partial charge in [-0.2, -0.15) is 0 Å². The fourth-order valence-electron chi connectivity index (χ4n) is 3.50. The molecule has 1 N–H and O–H groups in total. The van der Waals surface area contributed by atoms with Gasteiger partial charge in [-0.3, -0.25) is 9.59 Å². The van der Waals surface area contributed by atoms with E-state index in [0.29, 0.717) is 6.54 Å². The Balaban J connectivity index is 1.74. The summed E-state index contributed by atoms with van der Waals surface area (Å²) in [4.78, 5) is 26.7. The highest BCUT2D eigenvalue weighted by molar-refractivity contribution is 5.81. The molecule has 1 aliphatic rings. The van der Waals surface area contributed by atoms with Gasteiger partial charge in [-0.1, -0.05) is 25.5 Å². The molecule has 0 radical (unpaired) electrons. The fraction of sp³-hybridized carbons (Fsp3) is 0.619. The maximum absolute atomic E-state index is 12.5. The second-order valence-electron chi connectivity index (χ2n) is 7.23. The highest BCUT2D eigenvalue weighted by atomic mass is 16.5. The van der Waals surface area contributed by atoms with Crippen molar-refractivity contribution in [3.8, 4) is 5.75 Å². The van der Waals surface area contributed by atoms with Crippen LogP contribution in [0.4, 0.5) is 0 Å². The van der Waals surface area contributed by atoms with Crippen LogP contribution in [-0.4, -0.2) is 37.4 Å². The van der Waals surface area contributed by atoms with Crippen LogP contribution in [0.1, 0.15) is 51.0 Å². The molecule has 2 amide bonds. The normalized spacial score (nSPS) is 19.7. The van der Waals surface area contributed by atoms with Crippen molar-refractivity contribution < 1.29 is 14.3 Å². The maximum atomic E-state index is 12.5. The van der Waals surface area contributed by atoms with Crippen LogP contribution in [0.2, 0.25) is 0 Å². The van der Waals surface area contributed by atoms with Crippen molar-refractivity contribution in [3.63, 3.8) is 0 Å². The second-order valence-corrected chi connectivity index (χ2v) is 7.23. The zero-order valence-electron chi connectivity index (χ0n) is 16.3. The Bertz CT molecular complexity index is 577. The summed E-state index contributed by atoms with van der Waals surface area (Å²) in [6.45, 7) is 3.49. The first-order valence-corrected chi connectivity index (χ1v) is 9.70. The molecular weight excluding hydrogens is 328 g/mol. The highest BCUT2D eigenvalue weighted by Gasteiger charge is 2.31. The highest BCUT2D eigenvalue weighted by Crippen LogP contribution is 2.30. The standard InChI is InChI=1S/C21H32N2O3/c1-4-5-14-23(2)21(25)18-10-8-17(9-11-18)20(24)22-15-16-6-12-19(26-3)13-7-16/h6-7,12-13,17-18H,4-5,8-11,14-15H2,1-3H3,(H,22,24). The Hall–Kier alpha value is -2.04. The summed E-state index contributed by atoms with van der Waals surface area (Å²) in [5.41, 5.74) is 1.06. The Labute approximate surface area is 157 Å². The third-order valence-electron chi connectivity index (χ3n) is 5.30. The number of nitrogens with one attached hydrogen (secondary N) is 1. The van der Waals surface area contributed by atoms with E-state index in [2.05, 4.69) is 12.2 Å². The van der Waals surface area contributed by atoms with E-state index in [1.807, 2.05) is 36.2 Å². The molecule has 1 aromatic rings. The molecule has 0 saturated heterocycles. The lowest BCUT2D eigenvalue weighted by molar-refractivity contribution is -0.137. The summed E-state index contributed by atoms with van der Waals surface area (Å²) in [6.07, 6.45) is 5.37.